The van der Waals surface area contributed by atoms with E-state index >= 15 is 0 Å². The van der Waals surface area contributed by atoms with Gasteiger partial charge in [0.1, 0.15) is 0 Å². The average molecular weight is 226 g/mol. The van der Waals surface area contributed by atoms with E-state index in [0.29, 0.717) is 19.8 Å². The van der Waals surface area contributed by atoms with Crippen LogP contribution in [0.4, 0.5) is 0 Å². The average Bonchev–Trinajstić information content (AvgIpc) is 2.79. The molecule has 0 spiro atoms. The molecule has 0 aromatic carbocycles. The summed E-state index contributed by atoms with van der Waals surface area (Å²) in [7, 11) is 0. The van der Waals surface area contributed by atoms with Crippen molar-refractivity contribution in [3.05, 3.63) is 0 Å². The van der Waals surface area contributed by atoms with Crippen LogP contribution in [0.2, 0.25) is 0 Å². The summed E-state index contributed by atoms with van der Waals surface area (Å²) in [6.45, 7) is 2.00. The number of hydrogen-bond donors (Lipinski definition) is 2. The fraction of sp³-hybridized carbons (Fsp3) is 0.917. The zero-order valence-corrected chi connectivity index (χ0v) is 9.84. The highest BCUT2D eigenvalue weighted by Gasteiger charge is 2.35. The van der Waals surface area contributed by atoms with Crippen molar-refractivity contribution in [3.8, 4) is 0 Å². The fourth-order valence-electron chi connectivity index (χ4n) is 2.76. The highest BCUT2D eigenvalue weighted by molar-refractivity contribution is 5.79. The first-order valence-electron chi connectivity index (χ1n) is 6.36. The minimum atomic E-state index is -0.102. The van der Waals surface area contributed by atoms with E-state index in [1.165, 1.54) is 12.8 Å². The van der Waals surface area contributed by atoms with Gasteiger partial charge in [-0.25, -0.2) is 0 Å². The molecule has 1 aliphatic heterocycles. The molecule has 1 saturated carbocycles. The molecule has 0 radical (unpaired) electrons. The van der Waals surface area contributed by atoms with Gasteiger partial charge in [-0.05, 0) is 25.7 Å². The highest BCUT2D eigenvalue weighted by Crippen LogP contribution is 2.29. The Kier molecular flexibility index (Phi) is 3.82. The van der Waals surface area contributed by atoms with Gasteiger partial charge in [0.2, 0.25) is 5.91 Å². The Hall–Kier alpha value is -0.610. The highest BCUT2D eigenvalue weighted by atomic mass is 16.5. The van der Waals surface area contributed by atoms with Crippen molar-refractivity contribution in [2.75, 3.05) is 19.8 Å². The van der Waals surface area contributed by atoms with E-state index in [1.54, 1.807) is 0 Å². The van der Waals surface area contributed by atoms with E-state index in [1.807, 2.05) is 0 Å². The molecule has 0 aromatic rings. The van der Waals surface area contributed by atoms with E-state index in [2.05, 4.69) is 5.32 Å². The number of nitrogens with two attached hydrogens (primary N) is 1. The molecule has 3 N–H and O–H groups in total. The molecule has 92 valence electrons. The topological polar surface area (TPSA) is 64.3 Å². The first kappa shape index (κ1) is 11.9. The van der Waals surface area contributed by atoms with Crippen LogP contribution in [-0.4, -0.2) is 31.2 Å². The second-order valence-electron chi connectivity index (χ2n) is 5.07. The molecule has 0 aromatic heterocycles. The Balaban J connectivity index is 1.89. The molecule has 1 aliphatic carbocycles. The molecule has 2 rings (SSSR count). The zero-order chi connectivity index (χ0) is 11.4. The molecule has 0 unspecified atom stereocenters. The Bertz CT molecular complexity index is 243. The lowest BCUT2D eigenvalue weighted by Crippen LogP contribution is -2.53. The molecule has 16 heavy (non-hydrogen) atoms. The van der Waals surface area contributed by atoms with Gasteiger partial charge >= 0.3 is 0 Å². The van der Waals surface area contributed by atoms with E-state index in [4.69, 9.17) is 10.5 Å². The van der Waals surface area contributed by atoms with Crippen LogP contribution >= 0.6 is 0 Å². The SMILES string of the molecule is NCC1(NC(=O)C2CCOCC2)CCCC1. The third-order valence-corrected chi connectivity index (χ3v) is 3.93. The summed E-state index contributed by atoms with van der Waals surface area (Å²) in [6.07, 6.45) is 6.16. The second kappa shape index (κ2) is 5.15. The fourth-order valence-corrected chi connectivity index (χ4v) is 2.76. The van der Waals surface area contributed by atoms with Gasteiger partial charge in [-0.1, -0.05) is 12.8 Å². The quantitative estimate of drug-likeness (QED) is 0.748. The standard InChI is InChI=1S/C12H22N2O2/c13-9-12(5-1-2-6-12)14-11(15)10-3-7-16-8-4-10/h10H,1-9,13H2,(H,14,15). The van der Waals surface area contributed by atoms with Crippen LogP contribution in [0.15, 0.2) is 0 Å². The second-order valence-corrected chi connectivity index (χ2v) is 5.07. The van der Waals surface area contributed by atoms with Crippen molar-refractivity contribution in [1.29, 1.82) is 0 Å². The number of hydrogen-bond acceptors (Lipinski definition) is 3. The smallest absolute Gasteiger partial charge is 0.223 e. The van der Waals surface area contributed by atoms with Gasteiger partial charge in [0, 0.05) is 25.7 Å². The molecular weight excluding hydrogens is 204 g/mol. The molecule has 1 saturated heterocycles. The monoisotopic (exact) mass is 226 g/mol. The number of ether oxygens (including phenoxy) is 1. The maximum atomic E-state index is 12.1. The molecule has 4 nitrogen and oxygen atoms in total. The van der Waals surface area contributed by atoms with Gasteiger partial charge < -0.3 is 15.8 Å². The van der Waals surface area contributed by atoms with Gasteiger partial charge in [-0.3, -0.25) is 4.79 Å². The van der Waals surface area contributed by atoms with Gasteiger partial charge in [0.15, 0.2) is 0 Å². The van der Waals surface area contributed by atoms with Crippen LogP contribution in [-0.2, 0) is 9.53 Å². The maximum absolute atomic E-state index is 12.1. The number of carbonyl (C=O) groups is 1. The van der Waals surface area contributed by atoms with Crippen molar-refractivity contribution >= 4 is 5.91 Å². The third kappa shape index (κ3) is 2.55. The van der Waals surface area contributed by atoms with Crippen molar-refractivity contribution in [1.82, 2.24) is 5.32 Å². The van der Waals surface area contributed by atoms with Gasteiger partial charge in [0.25, 0.3) is 0 Å². The Morgan fingerprint density at radius 2 is 1.94 bits per heavy atom. The molecule has 0 atom stereocenters. The summed E-state index contributed by atoms with van der Waals surface area (Å²) in [5.41, 5.74) is 5.71. The van der Waals surface area contributed by atoms with Gasteiger partial charge in [-0.2, -0.15) is 0 Å². The lowest BCUT2D eigenvalue weighted by atomic mass is 9.93. The predicted octanol–water partition coefficient (Wildman–Crippen LogP) is 0.801. The summed E-state index contributed by atoms with van der Waals surface area (Å²) in [5, 5.41) is 3.19. The van der Waals surface area contributed by atoms with Crippen LogP contribution in [0.3, 0.4) is 0 Å². The largest absolute Gasteiger partial charge is 0.381 e. The lowest BCUT2D eigenvalue weighted by molar-refractivity contribution is -0.129. The van der Waals surface area contributed by atoms with Gasteiger partial charge in [-0.15, -0.1) is 0 Å². The van der Waals surface area contributed by atoms with E-state index in [9.17, 15) is 4.79 Å². The molecule has 1 heterocycles. The van der Waals surface area contributed by atoms with Crippen LogP contribution < -0.4 is 11.1 Å². The minimum absolute atomic E-state index is 0.102. The summed E-state index contributed by atoms with van der Waals surface area (Å²) in [6, 6.07) is 0. The van der Waals surface area contributed by atoms with Crippen LogP contribution in [0.5, 0.6) is 0 Å². The molecule has 2 fully saturated rings. The van der Waals surface area contributed by atoms with Crippen LogP contribution in [0, 0.1) is 5.92 Å². The summed E-state index contributed by atoms with van der Waals surface area (Å²) < 4.78 is 5.27. The van der Waals surface area contributed by atoms with Crippen molar-refractivity contribution in [2.45, 2.75) is 44.1 Å². The predicted molar refractivity (Wildman–Crippen MR) is 61.9 cm³/mol. The molecular formula is C12H22N2O2. The van der Waals surface area contributed by atoms with E-state index in [-0.39, 0.29) is 17.4 Å². The number of carbonyl (C=O) groups excluding carboxylic acids is 1. The molecule has 0 bridgehead atoms. The van der Waals surface area contributed by atoms with Crippen molar-refractivity contribution in [2.24, 2.45) is 11.7 Å². The first-order valence-corrected chi connectivity index (χ1v) is 6.36. The molecule has 1 amide bonds. The summed E-state index contributed by atoms with van der Waals surface area (Å²) in [5.74, 6) is 0.327. The minimum Gasteiger partial charge on any atom is -0.381 e. The number of nitrogens with one attached hydrogen (secondary N) is 1. The van der Waals surface area contributed by atoms with Crippen molar-refractivity contribution in [3.63, 3.8) is 0 Å². The lowest BCUT2D eigenvalue weighted by Gasteiger charge is -2.32. The zero-order valence-electron chi connectivity index (χ0n) is 9.84. The number of rotatable bonds is 3. The van der Waals surface area contributed by atoms with E-state index < -0.39 is 0 Å². The summed E-state index contributed by atoms with van der Waals surface area (Å²) >= 11 is 0. The third-order valence-electron chi connectivity index (χ3n) is 3.93. The Labute approximate surface area is 96.9 Å². The molecule has 2 aliphatic rings. The Morgan fingerprint density at radius 3 is 2.50 bits per heavy atom. The maximum Gasteiger partial charge on any atom is 0.223 e. The number of amides is 1. The van der Waals surface area contributed by atoms with Crippen LogP contribution in [0.25, 0.3) is 0 Å². The first-order chi connectivity index (χ1) is 7.76. The normalized spacial score (nSPS) is 25.6. The molecule has 4 heteroatoms. The van der Waals surface area contributed by atoms with Gasteiger partial charge in [0.05, 0.1) is 5.54 Å². The van der Waals surface area contributed by atoms with Crippen LogP contribution in [0.1, 0.15) is 38.5 Å². The van der Waals surface area contributed by atoms with Crippen molar-refractivity contribution < 1.29 is 9.53 Å². The van der Waals surface area contributed by atoms with E-state index in [0.717, 1.165) is 25.7 Å². The summed E-state index contributed by atoms with van der Waals surface area (Å²) in [4.78, 5) is 12.1. The Morgan fingerprint density at radius 1 is 1.31 bits per heavy atom.